The summed E-state index contributed by atoms with van der Waals surface area (Å²) in [6.07, 6.45) is 0. The lowest BCUT2D eigenvalue weighted by atomic mass is 10.1. The second kappa shape index (κ2) is 6.99. The van der Waals surface area contributed by atoms with E-state index in [4.69, 9.17) is 22.6 Å². The summed E-state index contributed by atoms with van der Waals surface area (Å²) >= 11 is 10.1. The van der Waals surface area contributed by atoms with E-state index in [0.29, 0.717) is 27.2 Å². The van der Waals surface area contributed by atoms with Crippen LogP contribution in [0.5, 0.6) is 0 Å². The molecule has 0 amide bonds. The highest BCUT2D eigenvalue weighted by Gasteiger charge is 2.21. The van der Waals surface area contributed by atoms with Gasteiger partial charge in [0.1, 0.15) is 5.38 Å². The standard InChI is InChI=1S/C19H12BrClN6/c20-14-16(13-8-4-5-11(9-13)10-22)24-19(23)27-18(14)25-17(26-27)15(21)12-6-2-1-3-7-12/h1-9,15H,(H2,23,24). The normalized spacial score (nSPS) is 12.0. The van der Waals surface area contributed by atoms with Gasteiger partial charge in [-0.25, -0.2) is 9.97 Å². The summed E-state index contributed by atoms with van der Waals surface area (Å²) < 4.78 is 2.08. The molecular weight excluding hydrogens is 428 g/mol. The van der Waals surface area contributed by atoms with Crippen molar-refractivity contribution < 1.29 is 0 Å². The number of benzene rings is 2. The first kappa shape index (κ1) is 17.5. The van der Waals surface area contributed by atoms with Gasteiger partial charge >= 0.3 is 0 Å². The quantitative estimate of drug-likeness (QED) is 0.479. The van der Waals surface area contributed by atoms with E-state index >= 15 is 0 Å². The van der Waals surface area contributed by atoms with Gasteiger partial charge in [-0.15, -0.1) is 16.7 Å². The van der Waals surface area contributed by atoms with E-state index in [1.165, 1.54) is 4.52 Å². The number of halogens is 2. The van der Waals surface area contributed by atoms with Crippen LogP contribution in [0.3, 0.4) is 0 Å². The third-order valence-electron chi connectivity index (χ3n) is 4.06. The molecule has 0 aliphatic carbocycles. The number of fused-ring (bicyclic) bond motifs is 1. The molecule has 4 rings (SSSR count). The van der Waals surface area contributed by atoms with Crippen LogP contribution in [0.2, 0.25) is 0 Å². The summed E-state index contributed by atoms with van der Waals surface area (Å²) in [7, 11) is 0. The number of nitrogen functional groups attached to an aromatic ring is 1. The summed E-state index contributed by atoms with van der Waals surface area (Å²) in [6, 6.07) is 18.8. The topological polar surface area (TPSA) is 92.9 Å². The number of nitrogens with zero attached hydrogens (tertiary/aromatic N) is 5. The Morgan fingerprint density at radius 1 is 1.11 bits per heavy atom. The van der Waals surface area contributed by atoms with Crippen LogP contribution >= 0.6 is 27.5 Å². The Labute approximate surface area is 168 Å². The monoisotopic (exact) mass is 438 g/mol. The smallest absolute Gasteiger partial charge is 0.223 e. The molecule has 2 N–H and O–H groups in total. The molecule has 6 nitrogen and oxygen atoms in total. The lowest BCUT2D eigenvalue weighted by Crippen LogP contribution is -2.05. The fourth-order valence-electron chi connectivity index (χ4n) is 2.75. The van der Waals surface area contributed by atoms with Crippen LogP contribution in [-0.4, -0.2) is 19.6 Å². The van der Waals surface area contributed by atoms with Gasteiger partial charge in [-0.05, 0) is 33.6 Å². The van der Waals surface area contributed by atoms with E-state index in [0.717, 1.165) is 11.1 Å². The maximum atomic E-state index is 9.13. The lowest BCUT2D eigenvalue weighted by molar-refractivity contribution is 0.878. The molecule has 0 radical (unpaired) electrons. The average molecular weight is 440 g/mol. The predicted molar refractivity (Wildman–Crippen MR) is 107 cm³/mol. The van der Waals surface area contributed by atoms with E-state index in [1.807, 2.05) is 36.4 Å². The molecule has 2 heterocycles. The molecule has 0 bridgehead atoms. The number of hydrogen-bond acceptors (Lipinski definition) is 5. The molecule has 0 fully saturated rings. The first-order valence-corrected chi connectivity index (χ1v) is 9.22. The van der Waals surface area contributed by atoms with Crippen molar-refractivity contribution in [2.45, 2.75) is 5.38 Å². The molecule has 1 atom stereocenters. The van der Waals surface area contributed by atoms with Crippen LogP contribution in [0.1, 0.15) is 22.3 Å². The number of aromatic nitrogens is 4. The fraction of sp³-hybridized carbons (Fsp3) is 0.0526. The Bertz CT molecular complexity index is 1180. The van der Waals surface area contributed by atoms with Crippen molar-refractivity contribution in [1.29, 1.82) is 5.26 Å². The average Bonchev–Trinajstić information content (AvgIpc) is 3.17. The minimum Gasteiger partial charge on any atom is -0.368 e. The van der Waals surface area contributed by atoms with Crippen LogP contribution in [0.25, 0.3) is 16.9 Å². The van der Waals surface area contributed by atoms with Crippen LogP contribution in [-0.2, 0) is 0 Å². The number of hydrogen-bond donors (Lipinski definition) is 1. The van der Waals surface area contributed by atoms with Gasteiger partial charge in [0.05, 0.1) is 21.8 Å². The minimum atomic E-state index is -0.511. The van der Waals surface area contributed by atoms with Gasteiger partial charge in [-0.1, -0.05) is 42.5 Å². The highest BCUT2D eigenvalue weighted by molar-refractivity contribution is 9.10. The van der Waals surface area contributed by atoms with Crippen molar-refractivity contribution in [3.8, 4) is 17.3 Å². The highest BCUT2D eigenvalue weighted by Crippen LogP contribution is 2.33. The van der Waals surface area contributed by atoms with Crippen LogP contribution in [0.4, 0.5) is 5.95 Å². The van der Waals surface area contributed by atoms with Crippen molar-refractivity contribution in [3.63, 3.8) is 0 Å². The molecule has 1 unspecified atom stereocenters. The highest BCUT2D eigenvalue weighted by atomic mass is 79.9. The molecule has 0 saturated carbocycles. The van der Waals surface area contributed by atoms with Crippen molar-refractivity contribution >= 4 is 39.1 Å². The lowest BCUT2D eigenvalue weighted by Gasteiger charge is -2.07. The Morgan fingerprint density at radius 3 is 2.63 bits per heavy atom. The van der Waals surface area contributed by atoms with Gasteiger partial charge in [0.15, 0.2) is 11.5 Å². The van der Waals surface area contributed by atoms with Crippen molar-refractivity contribution in [2.75, 3.05) is 5.73 Å². The van der Waals surface area contributed by atoms with Crippen molar-refractivity contribution in [1.82, 2.24) is 19.6 Å². The van der Waals surface area contributed by atoms with Crippen LogP contribution in [0, 0.1) is 11.3 Å². The molecule has 2 aromatic carbocycles. The summed E-state index contributed by atoms with van der Waals surface area (Å²) in [4.78, 5) is 9.00. The van der Waals surface area contributed by atoms with E-state index in [2.05, 4.69) is 37.1 Å². The molecule has 2 aromatic heterocycles. The van der Waals surface area contributed by atoms with Gasteiger partial charge in [0.25, 0.3) is 0 Å². The van der Waals surface area contributed by atoms with Crippen molar-refractivity contribution in [3.05, 3.63) is 76.0 Å². The maximum Gasteiger partial charge on any atom is 0.223 e. The summed E-state index contributed by atoms with van der Waals surface area (Å²) in [5.41, 5.74) is 9.38. The van der Waals surface area contributed by atoms with E-state index in [-0.39, 0.29) is 5.95 Å². The zero-order chi connectivity index (χ0) is 19.0. The zero-order valence-corrected chi connectivity index (χ0v) is 16.2. The molecule has 132 valence electrons. The van der Waals surface area contributed by atoms with Gasteiger partial charge in [-0.2, -0.15) is 9.78 Å². The summed E-state index contributed by atoms with van der Waals surface area (Å²) in [5, 5.41) is 13.0. The van der Waals surface area contributed by atoms with Gasteiger partial charge in [0, 0.05) is 5.56 Å². The van der Waals surface area contributed by atoms with Crippen LogP contribution in [0.15, 0.2) is 59.1 Å². The Kier molecular flexibility index (Phi) is 4.52. The largest absolute Gasteiger partial charge is 0.368 e. The number of anilines is 1. The van der Waals surface area contributed by atoms with E-state index in [1.54, 1.807) is 18.2 Å². The van der Waals surface area contributed by atoms with Crippen molar-refractivity contribution in [2.24, 2.45) is 0 Å². The molecule has 0 saturated heterocycles. The second-order valence-corrected chi connectivity index (χ2v) is 7.03. The fourth-order valence-corrected chi connectivity index (χ4v) is 3.56. The first-order valence-electron chi connectivity index (χ1n) is 7.99. The Hall–Kier alpha value is -2.95. The second-order valence-electron chi connectivity index (χ2n) is 5.80. The van der Waals surface area contributed by atoms with Gasteiger partial charge < -0.3 is 5.73 Å². The van der Waals surface area contributed by atoms with E-state index in [9.17, 15) is 0 Å². The Morgan fingerprint density at radius 2 is 1.89 bits per heavy atom. The molecule has 0 aliphatic heterocycles. The van der Waals surface area contributed by atoms with Gasteiger partial charge in [0.2, 0.25) is 5.95 Å². The maximum absolute atomic E-state index is 9.13. The van der Waals surface area contributed by atoms with E-state index < -0.39 is 5.38 Å². The molecule has 8 heteroatoms. The summed E-state index contributed by atoms with van der Waals surface area (Å²) in [6.45, 7) is 0. The minimum absolute atomic E-state index is 0.182. The molecular formula is C19H12BrClN6. The third kappa shape index (κ3) is 3.14. The number of rotatable bonds is 3. The first-order chi connectivity index (χ1) is 13.1. The van der Waals surface area contributed by atoms with Gasteiger partial charge in [-0.3, -0.25) is 0 Å². The predicted octanol–water partition coefficient (Wildman–Crippen LogP) is 4.34. The third-order valence-corrected chi connectivity index (χ3v) is 5.23. The van der Waals surface area contributed by atoms with Crippen LogP contribution < -0.4 is 5.73 Å². The SMILES string of the molecule is N#Cc1cccc(-c2nc(N)n3nc(C(Cl)c4ccccc4)nc3c2Br)c1. The number of alkyl halides is 1. The molecule has 4 aromatic rings. The zero-order valence-electron chi connectivity index (χ0n) is 13.8. The molecule has 27 heavy (non-hydrogen) atoms. The Balaban J connectivity index is 1.86. The number of nitriles is 1. The molecule has 0 aliphatic rings. The summed E-state index contributed by atoms with van der Waals surface area (Å²) in [5.74, 6) is 0.612. The molecule has 0 spiro atoms. The number of nitrogens with two attached hydrogens (primary N) is 1.